The number of nitrogens with zero attached hydrogens (tertiary/aromatic N) is 7. The molecule has 360 valence electrons. The number of likely N-dealkylation sites (N-methyl/N-ethyl adjacent to an activating group) is 2. The molecule has 4 aromatic carbocycles. The summed E-state index contributed by atoms with van der Waals surface area (Å²) in [5, 5.41) is 23.0. The molecule has 3 aliphatic heterocycles. The molecule has 0 unspecified atom stereocenters. The number of nitriles is 2. The number of alkyl halides is 3. The van der Waals surface area contributed by atoms with Crippen LogP contribution in [0.4, 0.5) is 35.9 Å². The highest BCUT2D eigenvalue weighted by Gasteiger charge is 2.51. The van der Waals surface area contributed by atoms with Gasteiger partial charge in [-0.05, 0) is 139 Å². The van der Waals surface area contributed by atoms with Crippen molar-refractivity contribution in [3.05, 3.63) is 106 Å². The summed E-state index contributed by atoms with van der Waals surface area (Å²) < 4.78 is 56.8. The molecule has 69 heavy (non-hydrogen) atoms. The molecule has 0 atom stereocenters. The third kappa shape index (κ3) is 11.5. The van der Waals surface area contributed by atoms with Crippen molar-refractivity contribution in [2.24, 2.45) is 4.99 Å². The van der Waals surface area contributed by atoms with E-state index in [-0.39, 0.29) is 28.6 Å². The van der Waals surface area contributed by atoms with E-state index in [0.29, 0.717) is 79.0 Å². The molecule has 3 heterocycles. The number of hydrogen-bond donors (Lipinski definition) is 1. The molecular formula is C49H49F3N8O7S2. The number of nitrogens with one attached hydrogen (secondary N) is 1. The number of thiocarbonyl (C=S) groups is 2. The van der Waals surface area contributed by atoms with Crippen LogP contribution in [0.15, 0.2) is 77.8 Å². The molecule has 0 aliphatic carbocycles. The molecule has 0 spiro atoms. The monoisotopic (exact) mass is 982 g/mol. The maximum atomic E-state index is 13.5. The van der Waals surface area contributed by atoms with Gasteiger partial charge < -0.3 is 34.2 Å². The molecule has 3 amide bonds. The van der Waals surface area contributed by atoms with Gasteiger partial charge in [0.25, 0.3) is 17.7 Å². The summed E-state index contributed by atoms with van der Waals surface area (Å²) in [6.07, 6.45) is -4.78. The Morgan fingerprint density at radius 3 is 1.91 bits per heavy atom. The quantitative estimate of drug-likeness (QED) is 0.101. The molecule has 4 aromatic rings. The van der Waals surface area contributed by atoms with E-state index in [1.54, 1.807) is 92.1 Å². The molecule has 1 N–H and O–H groups in total. The third-order valence-electron chi connectivity index (χ3n) is 11.3. The van der Waals surface area contributed by atoms with Crippen LogP contribution < -0.4 is 24.6 Å². The first-order valence-electron chi connectivity index (χ1n) is 21.5. The number of methoxy groups -OCH3 is 1. The lowest BCUT2D eigenvalue weighted by Crippen LogP contribution is -2.44. The SMILES string of the molecule is CCN1CCOc2cc(N3C(=S)N(c4ccc(C#N)c(C(F)(F)F)c4)C(=O)C3(C)C)ccc2C1=O.CCN1CCOc2cc(NC(C)(C)C(=O)OC)ccc2C1=O.Cc1cc(N=C=S)ccc1C#N. The predicted octanol–water partition coefficient (Wildman–Crippen LogP) is 8.85. The summed E-state index contributed by atoms with van der Waals surface area (Å²) >= 11 is 10.0. The zero-order chi connectivity index (χ0) is 51.0. The van der Waals surface area contributed by atoms with Crippen LogP contribution in [0.25, 0.3) is 0 Å². The minimum absolute atomic E-state index is 0.0335. The van der Waals surface area contributed by atoms with Crippen LogP contribution in [-0.4, -0.2) is 101 Å². The topological polar surface area (TPSA) is 181 Å². The molecule has 1 saturated heterocycles. The number of hydrogen-bond acceptors (Lipinski definition) is 13. The van der Waals surface area contributed by atoms with Gasteiger partial charge in [0.05, 0.1) is 76.7 Å². The lowest BCUT2D eigenvalue weighted by atomic mass is 10.0. The number of carbonyl (C=O) groups is 4. The van der Waals surface area contributed by atoms with Crippen LogP contribution in [0.1, 0.15) is 84.5 Å². The first-order valence-corrected chi connectivity index (χ1v) is 22.3. The third-order valence-corrected chi connectivity index (χ3v) is 11.7. The van der Waals surface area contributed by atoms with E-state index in [0.717, 1.165) is 28.3 Å². The van der Waals surface area contributed by atoms with E-state index in [4.69, 9.17) is 37.0 Å². The van der Waals surface area contributed by atoms with E-state index in [2.05, 4.69) is 33.8 Å². The number of amides is 3. The average Bonchev–Trinajstić information content (AvgIpc) is 3.44. The number of benzene rings is 4. The van der Waals surface area contributed by atoms with Crippen LogP contribution in [0, 0.1) is 29.6 Å². The molecule has 0 aromatic heterocycles. The van der Waals surface area contributed by atoms with Crippen molar-refractivity contribution in [3.8, 4) is 23.6 Å². The van der Waals surface area contributed by atoms with Crippen molar-refractivity contribution in [1.29, 1.82) is 10.5 Å². The summed E-state index contributed by atoms with van der Waals surface area (Å²) in [6.45, 7) is 15.3. The molecule has 7 rings (SSSR count). The van der Waals surface area contributed by atoms with Crippen LogP contribution in [-0.2, 0) is 20.5 Å². The Balaban J connectivity index is 0.000000221. The number of anilines is 3. The fraction of sp³-hybridized carbons (Fsp3) is 0.347. The first-order chi connectivity index (χ1) is 32.6. The lowest BCUT2D eigenvalue weighted by molar-refractivity contribution is -0.144. The Labute approximate surface area is 408 Å². The van der Waals surface area contributed by atoms with Gasteiger partial charge in [-0.2, -0.15) is 28.7 Å². The van der Waals surface area contributed by atoms with Gasteiger partial charge in [0, 0.05) is 36.6 Å². The van der Waals surface area contributed by atoms with Gasteiger partial charge in [-0.3, -0.25) is 19.3 Å². The minimum Gasteiger partial charge on any atom is -0.491 e. The summed E-state index contributed by atoms with van der Waals surface area (Å²) in [6, 6.07) is 22.0. The van der Waals surface area contributed by atoms with E-state index >= 15 is 0 Å². The van der Waals surface area contributed by atoms with E-state index < -0.39 is 34.3 Å². The van der Waals surface area contributed by atoms with Gasteiger partial charge >= 0.3 is 12.1 Å². The fourth-order valence-corrected chi connectivity index (χ4v) is 8.17. The minimum atomic E-state index is -4.78. The van der Waals surface area contributed by atoms with Gasteiger partial charge in [-0.1, -0.05) is 0 Å². The van der Waals surface area contributed by atoms with Crippen LogP contribution in [0.3, 0.4) is 0 Å². The number of ether oxygens (including phenoxy) is 3. The van der Waals surface area contributed by atoms with E-state index in [1.165, 1.54) is 24.1 Å². The Kier molecular flexibility index (Phi) is 16.5. The smallest absolute Gasteiger partial charge is 0.417 e. The summed E-state index contributed by atoms with van der Waals surface area (Å²) in [4.78, 5) is 60.0. The van der Waals surface area contributed by atoms with Crippen molar-refractivity contribution in [2.45, 2.75) is 65.7 Å². The zero-order valence-corrected chi connectivity index (χ0v) is 40.7. The maximum absolute atomic E-state index is 13.5. The zero-order valence-electron chi connectivity index (χ0n) is 39.1. The number of carbonyl (C=O) groups excluding carboxylic acids is 4. The lowest BCUT2D eigenvalue weighted by Gasteiger charge is -2.30. The van der Waals surface area contributed by atoms with E-state index in [1.807, 2.05) is 20.8 Å². The number of esters is 1. The van der Waals surface area contributed by atoms with E-state index in [9.17, 15) is 32.3 Å². The second kappa shape index (κ2) is 21.7. The Morgan fingerprint density at radius 2 is 1.39 bits per heavy atom. The molecule has 20 heteroatoms. The number of aliphatic imine (C=N–C) groups is 1. The Hall–Kier alpha value is -7.38. The Bertz CT molecular complexity index is 2820. The summed E-state index contributed by atoms with van der Waals surface area (Å²) in [5.41, 5.74) is 0.469. The van der Waals surface area contributed by atoms with Crippen LogP contribution in [0.2, 0.25) is 0 Å². The largest absolute Gasteiger partial charge is 0.491 e. The predicted molar refractivity (Wildman–Crippen MR) is 260 cm³/mol. The molecule has 0 saturated carbocycles. The summed E-state index contributed by atoms with van der Waals surface area (Å²) in [7, 11) is 1.35. The maximum Gasteiger partial charge on any atom is 0.417 e. The van der Waals surface area contributed by atoms with Crippen molar-refractivity contribution < 1.29 is 46.6 Å². The molecule has 3 aliphatic rings. The first kappa shape index (κ1) is 52.6. The molecule has 1 fully saturated rings. The van der Waals surface area contributed by atoms with Gasteiger partial charge in [0.1, 0.15) is 35.8 Å². The standard InChI is InChI=1S/C24H21F3N4O3S.C16H22N2O4.C9H6N2S/c1-4-29-9-10-34-19-12-16(7-8-17(19)20(29)32)31-22(35)30(21(33)23(31,2)3)15-6-5-14(13-28)18(11-15)24(25,26)27;1-5-18-8-9-22-13-10-11(6-7-12(13)14(18)19)17-16(2,3)15(20)21-4;1-7-4-9(11-6-12)3-2-8(7)5-10/h5-8,11-12H,4,9-10H2,1-3H3;6-7,10,17H,5,8-9H2,1-4H3;2-4H,1H3. The number of fused-ring (bicyclic) bond motifs is 2. The van der Waals surface area contributed by atoms with Crippen LogP contribution in [0.5, 0.6) is 11.5 Å². The second-order valence-electron chi connectivity index (χ2n) is 16.6. The molecule has 0 bridgehead atoms. The van der Waals surface area contributed by atoms with Crippen molar-refractivity contribution >= 4 is 81.1 Å². The van der Waals surface area contributed by atoms with Crippen LogP contribution >= 0.6 is 24.4 Å². The second-order valence-corrected chi connectivity index (χ2v) is 17.1. The summed E-state index contributed by atoms with van der Waals surface area (Å²) in [5.74, 6) is -0.239. The van der Waals surface area contributed by atoms with Gasteiger partial charge in [0.15, 0.2) is 5.11 Å². The van der Waals surface area contributed by atoms with Gasteiger partial charge in [0.2, 0.25) is 0 Å². The highest BCUT2D eigenvalue weighted by Crippen LogP contribution is 2.41. The molecule has 0 radical (unpaired) electrons. The van der Waals surface area contributed by atoms with Crippen molar-refractivity contribution in [3.63, 3.8) is 0 Å². The molecular weight excluding hydrogens is 934 g/mol. The molecule has 15 nitrogen and oxygen atoms in total. The number of isothiocyanates is 1. The van der Waals surface area contributed by atoms with Gasteiger partial charge in [-0.15, -0.1) is 0 Å². The number of halogens is 3. The van der Waals surface area contributed by atoms with Gasteiger partial charge in [-0.25, -0.2) is 4.79 Å². The highest BCUT2D eigenvalue weighted by atomic mass is 32.1. The number of aryl methyl sites for hydroxylation is 1. The Morgan fingerprint density at radius 1 is 0.841 bits per heavy atom. The highest BCUT2D eigenvalue weighted by molar-refractivity contribution is 7.81. The van der Waals surface area contributed by atoms with Crippen molar-refractivity contribution in [2.75, 3.05) is 61.6 Å². The average molecular weight is 983 g/mol. The number of rotatable bonds is 8. The fourth-order valence-electron chi connectivity index (χ4n) is 7.54. The normalized spacial score (nSPS) is 15.1. The van der Waals surface area contributed by atoms with Crippen molar-refractivity contribution in [1.82, 2.24) is 9.80 Å².